The van der Waals surface area contributed by atoms with Gasteiger partial charge in [-0.3, -0.25) is 14.9 Å². The molecule has 1 aromatic heterocycles. The van der Waals surface area contributed by atoms with E-state index in [0.717, 1.165) is 4.70 Å². The van der Waals surface area contributed by atoms with Crippen LogP contribution in [0.15, 0.2) is 52.4 Å². The van der Waals surface area contributed by atoms with E-state index in [1.165, 1.54) is 47.0 Å². The van der Waals surface area contributed by atoms with Crippen LogP contribution in [-0.2, 0) is 21.4 Å². The highest BCUT2D eigenvalue weighted by Gasteiger charge is 2.32. The van der Waals surface area contributed by atoms with Gasteiger partial charge in [-0.05, 0) is 43.2 Å². The number of thiazole rings is 1. The quantitative estimate of drug-likeness (QED) is 0.283. The number of methoxy groups -OCH3 is 1. The van der Waals surface area contributed by atoms with Crippen molar-refractivity contribution in [2.24, 2.45) is 10.9 Å². The Morgan fingerprint density at radius 1 is 1.26 bits per heavy atom. The van der Waals surface area contributed by atoms with Crippen LogP contribution >= 0.6 is 11.3 Å². The zero-order chi connectivity index (χ0) is 25.2. The second kappa shape index (κ2) is 9.99. The first-order valence-corrected chi connectivity index (χ1v) is 12.9. The summed E-state index contributed by atoms with van der Waals surface area (Å²) >= 11 is 1.22. The number of piperidine rings is 1. The first kappa shape index (κ1) is 24.6. The van der Waals surface area contributed by atoms with Gasteiger partial charge in [0.05, 0.1) is 33.7 Å². The van der Waals surface area contributed by atoms with E-state index in [-0.39, 0.29) is 36.1 Å². The van der Waals surface area contributed by atoms with Crippen LogP contribution in [0.5, 0.6) is 5.75 Å². The van der Waals surface area contributed by atoms with Gasteiger partial charge in [0, 0.05) is 31.1 Å². The molecule has 0 spiro atoms. The number of ether oxygens (including phenoxy) is 1. The molecule has 2 heterocycles. The smallest absolute Gasteiger partial charge is 0.271 e. The minimum atomic E-state index is -3.68. The number of terminal acetylenes is 1. The van der Waals surface area contributed by atoms with Crippen LogP contribution in [-0.4, -0.2) is 48.3 Å². The Hall–Kier alpha value is -3.53. The zero-order valence-electron chi connectivity index (χ0n) is 18.8. The van der Waals surface area contributed by atoms with Gasteiger partial charge in [0.1, 0.15) is 5.75 Å². The van der Waals surface area contributed by atoms with E-state index in [4.69, 9.17) is 11.2 Å². The van der Waals surface area contributed by atoms with Crippen LogP contribution in [0, 0.1) is 28.4 Å². The summed E-state index contributed by atoms with van der Waals surface area (Å²) in [6.07, 6.45) is 6.15. The number of nitro benzene ring substituents is 1. The summed E-state index contributed by atoms with van der Waals surface area (Å²) < 4.78 is 34.7. The lowest BCUT2D eigenvalue weighted by Crippen LogP contribution is -2.40. The highest BCUT2D eigenvalue weighted by atomic mass is 32.2. The molecule has 182 valence electrons. The zero-order valence-corrected chi connectivity index (χ0v) is 20.4. The van der Waals surface area contributed by atoms with Gasteiger partial charge >= 0.3 is 0 Å². The molecule has 0 bridgehead atoms. The van der Waals surface area contributed by atoms with Crippen molar-refractivity contribution in [2.75, 3.05) is 20.2 Å². The fourth-order valence-corrected chi connectivity index (χ4v) is 6.41. The third kappa shape index (κ3) is 4.97. The van der Waals surface area contributed by atoms with Crippen LogP contribution in [0.2, 0.25) is 0 Å². The maximum absolute atomic E-state index is 13.0. The lowest BCUT2D eigenvalue weighted by molar-refractivity contribution is -0.384. The van der Waals surface area contributed by atoms with Crippen molar-refractivity contribution in [3.05, 3.63) is 57.4 Å². The number of carbonyl (C=O) groups is 1. The molecule has 1 aliphatic heterocycles. The van der Waals surface area contributed by atoms with Crippen LogP contribution in [0.1, 0.15) is 12.8 Å². The van der Waals surface area contributed by atoms with Gasteiger partial charge in [0.15, 0.2) is 4.80 Å². The molecule has 1 amide bonds. The highest BCUT2D eigenvalue weighted by Crippen LogP contribution is 2.26. The second-order valence-corrected chi connectivity index (χ2v) is 10.8. The molecule has 0 radical (unpaired) electrons. The summed E-state index contributed by atoms with van der Waals surface area (Å²) in [6, 6.07) is 10.6. The lowest BCUT2D eigenvalue weighted by atomic mass is 9.98. The third-order valence-corrected chi connectivity index (χ3v) is 8.80. The van der Waals surface area contributed by atoms with Crippen LogP contribution in [0.3, 0.4) is 0 Å². The molecule has 0 atom stereocenters. The summed E-state index contributed by atoms with van der Waals surface area (Å²) in [5.41, 5.74) is 0.457. The number of nitrogens with zero attached hydrogens (tertiary/aromatic N) is 4. The molecule has 0 aliphatic carbocycles. The molecular weight excluding hydrogens is 492 g/mol. The monoisotopic (exact) mass is 514 g/mol. The maximum atomic E-state index is 13.0. The van der Waals surface area contributed by atoms with E-state index in [1.54, 1.807) is 22.8 Å². The van der Waals surface area contributed by atoms with Gasteiger partial charge in [-0.25, -0.2) is 8.42 Å². The van der Waals surface area contributed by atoms with Gasteiger partial charge in [-0.1, -0.05) is 17.3 Å². The van der Waals surface area contributed by atoms with E-state index in [2.05, 4.69) is 10.9 Å². The van der Waals surface area contributed by atoms with E-state index in [1.807, 2.05) is 0 Å². The summed E-state index contributed by atoms with van der Waals surface area (Å²) in [5.74, 6) is 2.26. The Morgan fingerprint density at radius 2 is 1.94 bits per heavy atom. The second-order valence-electron chi connectivity index (χ2n) is 7.89. The highest BCUT2D eigenvalue weighted by molar-refractivity contribution is 7.89. The van der Waals surface area contributed by atoms with Crippen molar-refractivity contribution < 1.29 is 22.9 Å². The van der Waals surface area contributed by atoms with Crippen molar-refractivity contribution in [3.8, 4) is 18.1 Å². The summed E-state index contributed by atoms with van der Waals surface area (Å²) in [5, 5.41) is 11.2. The SMILES string of the molecule is C#CCn1c(=NC(=O)C2CCN(S(=O)(=O)c3ccc(OC)cc3)CC2)sc2ccc([N+](=O)[O-])cc21. The third-order valence-electron chi connectivity index (χ3n) is 5.83. The van der Waals surface area contributed by atoms with Gasteiger partial charge < -0.3 is 9.30 Å². The summed E-state index contributed by atoms with van der Waals surface area (Å²) in [7, 11) is -2.17. The Morgan fingerprint density at radius 3 is 2.54 bits per heavy atom. The molecule has 0 unspecified atom stereocenters. The summed E-state index contributed by atoms with van der Waals surface area (Å²) in [6.45, 7) is 0.498. The largest absolute Gasteiger partial charge is 0.497 e. The fourth-order valence-electron chi connectivity index (χ4n) is 3.93. The summed E-state index contributed by atoms with van der Waals surface area (Å²) in [4.78, 5) is 28.4. The number of rotatable bonds is 6. The standard InChI is InChI=1S/C23H22N4O6S2/c1-3-12-26-20-15-17(27(29)30)4-9-21(20)34-23(26)24-22(28)16-10-13-25(14-11-16)35(31,32)19-7-5-18(33-2)6-8-19/h1,4-9,15-16H,10-14H2,2H3. The van der Waals surface area contributed by atoms with Crippen molar-refractivity contribution in [3.63, 3.8) is 0 Å². The van der Waals surface area contributed by atoms with Crippen LogP contribution < -0.4 is 9.54 Å². The van der Waals surface area contributed by atoms with Crippen molar-refractivity contribution >= 4 is 43.2 Å². The number of hydrogen-bond donors (Lipinski definition) is 0. The Bertz CT molecular complexity index is 1490. The minimum Gasteiger partial charge on any atom is -0.497 e. The van der Waals surface area contributed by atoms with Crippen LogP contribution in [0.25, 0.3) is 10.2 Å². The predicted molar refractivity (Wildman–Crippen MR) is 130 cm³/mol. The first-order valence-electron chi connectivity index (χ1n) is 10.7. The molecular formula is C23H22N4O6S2. The number of amides is 1. The van der Waals surface area contributed by atoms with E-state index < -0.39 is 20.9 Å². The first-order chi connectivity index (χ1) is 16.7. The van der Waals surface area contributed by atoms with E-state index in [0.29, 0.717) is 28.9 Å². The molecule has 1 aliphatic rings. The van der Waals surface area contributed by atoms with Gasteiger partial charge in [-0.2, -0.15) is 9.30 Å². The molecule has 12 heteroatoms. The predicted octanol–water partition coefficient (Wildman–Crippen LogP) is 2.78. The average molecular weight is 515 g/mol. The lowest BCUT2D eigenvalue weighted by Gasteiger charge is -2.29. The average Bonchev–Trinajstić information content (AvgIpc) is 3.20. The molecule has 3 aromatic rings. The molecule has 4 rings (SSSR count). The van der Waals surface area contributed by atoms with Crippen molar-refractivity contribution in [1.29, 1.82) is 0 Å². The van der Waals surface area contributed by atoms with Gasteiger partial charge in [0.25, 0.3) is 11.6 Å². The number of benzene rings is 2. The number of aromatic nitrogens is 1. The molecule has 0 N–H and O–H groups in total. The molecule has 1 fully saturated rings. The van der Waals surface area contributed by atoms with Crippen molar-refractivity contribution in [2.45, 2.75) is 24.3 Å². The molecule has 35 heavy (non-hydrogen) atoms. The topological polar surface area (TPSA) is 124 Å². The molecule has 0 saturated carbocycles. The Labute approximate surface area is 205 Å². The van der Waals surface area contributed by atoms with E-state index >= 15 is 0 Å². The number of hydrogen-bond acceptors (Lipinski definition) is 7. The molecule has 1 saturated heterocycles. The number of fused-ring (bicyclic) bond motifs is 1. The maximum Gasteiger partial charge on any atom is 0.271 e. The number of sulfonamides is 1. The van der Waals surface area contributed by atoms with Gasteiger partial charge in [0.2, 0.25) is 10.0 Å². The Balaban J connectivity index is 1.53. The van der Waals surface area contributed by atoms with Crippen molar-refractivity contribution in [1.82, 2.24) is 8.87 Å². The number of carbonyl (C=O) groups excluding carboxylic acids is 1. The fraction of sp³-hybridized carbons (Fsp3) is 0.304. The molecule has 10 nitrogen and oxygen atoms in total. The molecule has 2 aromatic carbocycles. The normalized spacial score (nSPS) is 15.7. The van der Waals surface area contributed by atoms with Crippen LogP contribution in [0.4, 0.5) is 5.69 Å². The number of non-ortho nitro benzene ring substituents is 1. The minimum absolute atomic E-state index is 0.0793. The van der Waals surface area contributed by atoms with E-state index in [9.17, 15) is 23.3 Å². The Kier molecular flexibility index (Phi) is 7.02. The number of nitro groups is 1. The van der Waals surface area contributed by atoms with Gasteiger partial charge in [-0.15, -0.1) is 6.42 Å².